The fraction of sp³-hybridized carbons (Fsp3) is 0.150. The van der Waals surface area contributed by atoms with Crippen LogP contribution in [0.2, 0.25) is 0 Å². The Morgan fingerprint density at radius 3 is 2.22 bits per heavy atom. The fourth-order valence-corrected chi connectivity index (χ4v) is 3.00. The lowest BCUT2D eigenvalue weighted by Gasteiger charge is -2.10. The van der Waals surface area contributed by atoms with Crippen LogP contribution in [0.15, 0.2) is 59.4 Å². The lowest BCUT2D eigenvalue weighted by Crippen LogP contribution is -2.25. The molecular weight excluding hydrogens is 360 g/mol. The van der Waals surface area contributed by atoms with Crippen LogP contribution in [0.25, 0.3) is 5.69 Å². The molecule has 1 aromatic heterocycles. The number of thiocarbonyl (C=S) groups is 1. The molecule has 0 radical (unpaired) electrons. The number of nitrogens with zero attached hydrogens (tertiary/aromatic N) is 2. The number of carbonyl (C=O) groups is 1. The van der Waals surface area contributed by atoms with E-state index in [1.54, 1.807) is 33.6 Å². The first-order valence-electron chi connectivity index (χ1n) is 8.41. The standard InChI is InChI=1S/C20H20N4O2S/c1-13-18(19(26)24(23(13)3)17-7-5-4-6-8-17)22-20(27)21-16-11-9-15(10-12-16)14(2)25/h4-12H,1-3H3,(H2,21,22,27). The van der Waals surface area contributed by atoms with Crippen molar-refractivity contribution in [1.29, 1.82) is 0 Å². The first kappa shape index (κ1) is 18.6. The lowest BCUT2D eigenvalue weighted by molar-refractivity contribution is 0.101. The van der Waals surface area contributed by atoms with Crippen LogP contribution in [0.1, 0.15) is 23.0 Å². The third kappa shape index (κ3) is 3.83. The van der Waals surface area contributed by atoms with Crippen molar-refractivity contribution in [2.45, 2.75) is 13.8 Å². The van der Waals surface area contributed by atoms with Gasteiger partial charge in [0.15, 0.2) is 10.9 Å². The van der Waals surface area contributed by atoms with Gasteiger partial charge in [-0.25, -0.2) is 4.68 Å². The number of hydrogen-bond acceptors (Lipinski definition) is 3. The molecule has 3 aromatic rings. The molecule has 2 aromatic carbocycles. The van der Waals surface area contributed by atoms with Crippen LogP contribution >= 0.6 is 12.2 Å². The topological polar surface area (TPSA) is 68.1 Å². The van der Waals surface area contributed by atoms with E-state index in [2.05, 4.69) is 10.6 Å². The summed E-state index contributed by atoms with van der Waals surface area (Å²) in [5, 5.41) is 6.33. The molecule has 0 unspecified atom stereocenters. The molecule has 0 amide bonds. The average Bonchev–Trinajstić information content (AvgIpc) is 2.86. The molecule has 0 aliphatic carbocycles. The molecule has 0 spiro atoms. The second-order valence-electron chi connectivity index (χ2n) is 6.15. The van der Waals surface area contributed by atoms with Crippen LogP contribution in [0.3, 0.4) is 0 Å². The molecule has 0 bridgehead atoms. The monoisotopic (exact) mass is 380 g/mol. The Morgan fingerprint density at radius 1 is 1.00 bits per heavy atom. The third-order valence-electron chi connectivity index (χ3n) is 4.34. The Bertz CT molecular complexity index is 1050. The van der Waals surface area contributed by atoms with Crippen molar-refractivity contribution in [2.24, 2.45) is 7.05 Å². The summed E-state index contributed by atoms with van der Waals surface area (Å²) in [6, 6.07) is 16.4. The van der Waals surface area contributed by atoms with Crippen molar-refractivity contribution in [3.63, 3.8) is 0 Å². The van der Waals surface area contributed by atoms with Gasteiger partial charge in [-0.3, -0.25) is 14.3 Å². The summed E-state index contributed by atoms with van der Waals surface area (Å²) in [6.07, 6.45) is 0. The van der Waals surface area contributed by atoms with E-state index in [4.69, 9.17) is 12.2 Å². The zero-order valence-corrected chi connectivity index (χ0v) is 16.1. The molecule has 3 rings (SSSR count). The zero-order valence-electron chi connectivity index (χ0n) is 15.3. The smallest absolute Gasteiger partial charge is 0.295 e. The summed E-state index contributed by atoms with van der Waals surface area (Å²) in [7, 11) is 1.83. The number of aromatic nitrogens is 2. The van der Waals surface area contributed by atoms with Crippen LogP contribution < -0.4 is 16.2 Å². The number of ketones is 1. The second-order valence-corrected chi connectivity index (χ2v) is 6.56. The number of hydrogen-bond donors (Lipinski definition) is 2. The molecule has 27 heavy (non-hydrogen) atoms. The maximum Gasteiger partial charge on any atom is 0.295 e. The van der Waals surface area contributed by atoms with Crippen LogP contribution in [0, 0.1) is 6.92 Å². The molecule has 2 N–H and O–H groups in total. The van der Waals surface area contributed by atoms with E-state index >= 15 is 0 Å². The Kier molecular flexibility index (Phi) is 5.23. The van der Waals surface area contributed by atoms with Crippen molar-refractivity contribution in [3.8, 4) is 5.69 Å². The van der Waals surface area contributed by atoms with Gasteiger partial charge in [-0.05, 0) is 62.5 Å². The summed E-state index contributed by atoms with van der Waals surface area (Å²) < 4.78 is 3.37. The number of rotatable bonds is 4. The van der Waals surface area contributed by atoms with E-state index in [-0.39, 0.29) is 11.3 Å². The molecule has 0 aliphatic heterocycles. The summed E-state index contributed by atoms with van der Waals surface area (Å²) in [5.74, 6) is 0.00336. The Morgan fingerprint density at radius 2 is 1.63 bits per heavy atom. The number of benzene rings is 2. The number of anilines is 2. The van der Waals surface area contributed by atoms with Crippen molar-refractivity contribution in [2.75, 3.05) is 10.6 Å². The number of nitrogens with one attached hydrogen (secondary N) is 2. The quantitative estimate of drug-likeness (QED) is 0.536. The van der Waals surface area contributed by atoms with Gasteiger partial charge in [0, 0.05) is 18.3 Å². The first-order valence-corrected chi connectivity index (χ1v) is 8.82. The molecule has 0 saturated carbocycles. The Balaban J connectivity index is 1.82. The molecule has 0 fully saturated rings. The van der Waals surface area contributed by atoms with Gasteiger partial charge in [-0.15, -0.1) is 0 Å². The van der Waals surface area contributed by atoms with Crippen LogP contribution in [-0.4, -0.2) is 20.3 Å². The van der Waals surface area contributed by atoms with Crippen molar-refractivity contribution < 1.29 is 4.79 Å². The van der Waals surface area contributed by atoms with Crippen molar-refractivity contribution in [3.05, 3.63) is 76.2 Å². The van der Waals surface area contributed by atoms with Gasteiger partial charge in [-0.1, -0.05) is 18.2 Å². The number of Topliss-reactive ketones (excluding diaryl/α,β-unsaturated/α-hetero) is 1. The van der Waals surface area contributed by atoms with E-state index in [9.17, 15) is 9.59 Å². The molecule has 1 heterocycles. The van der Waals surface area contributed by atoms with Crippen LogP contribution in [-0.2, 0) is 7.05 Å². The highest BCUT2D eigenvalue weighted by Crippen LogP contribution is 2.15. The number of para-hydroxylation sites is 1. The first-order chi connectivity index (χ1) is 12.9. The largest absolute Gasteiger partial charge is 0.332 e. The molecule has 6 nitrogen and oxygen atoms in total. The van der Waals surface area contributed by atoms with E-state index in [1.165, 1.54) is 6.92 Å². The summed E-state index contributed by atoms with van der Waals surface area (Å²) in [4.78, 5) is 24.2. The normalized spacial score (nSPS) is 10.5. The van der Waals surface area contributed by atoms with Crippen LogP contribution in [0.5, 0.6) is 0 Å². The molecule has 0 saturated heterocycles. The van der Waals surface area contributed by atoms with Gasteiger partial charge in [0.05, 0.1) is 11.4 Å². The highest BCUT2D eigenvalue weighted by molar-refractivity contribution is 7.80. The minimum absolute atomic E-state index is 0.00336. The average molecular weight is 380 g/mol. The summed E-state index contributed by atoms with van der Waals surface area (Å²) in [6.45, 7) is 3.37. The van der Waals surface area contributed by atoms with Gasteiger partial charge < -0.3 is 10.6 Å². The van der Waals surface area contributed by atoms with Crippen molar-refractivity contribution >= 4 is 34.5 Å². The molecule has 138 valence electrons. The summed E-state index contributed by atoms with van der Waals surface area (Å²) in [5.41, 5.74) is 3.13. The predicted molar refractivity (Wildman–Crippen MR) is 112 cm³/mol. The molecule has 7 heteroatoms. The molecule has 0 atom stereocenters. The predicted octanol–water partition coefficient (Wildman–Crippen LogP) is 3.50. The summed E-state index contributed by atoms with van der Waals surface area (Å²) >= 11 is 5.34. The Hall–Kier alpha value is -3.19. The molecule has 0 aliphatic rings. The van der Waals surface area contributed by atoms with E-state index in [1.807, 2.05) is 44.3 Å². The SMILES string of the molecule is CC(=O)c1ccc(NC(=S)Nc2c(C)n(C)n(-c3ccccc3)c2=O)cc1. The highest BCUT2D eigenvalue weighted by atomic mass is 32.1. The van der Waals surface area contributed by atoms with Gasteiger partial charge >= 0.3 is 0 Å². The van der Waals surface area contributed by atoms with Crippen molar-refractivity contribution in [1.82, 2.24) is 9.36 Å². The van der Waals surface area contributed by atoms with Gasteiger partial charge in [0.2, 0.25) is 0 Å². The maximum atomic E-state index is 12.9. The van der Waals surface area contributed by atoms with Gasteiger partial charge in [0.1, 0.15) is 5.69 Å². The second kappa shape index (κ2) is 7.59. The van der Waals surface area contributed by atoms with E-state index < -0.39 is 0 Å². The zero-order chi connectivity index (χ0) is 19.6. The molecular formula is C20H20N4O2S. The van der Waals surface area contributed by atoms with Crippen LogP contribution in [0.4, 0.5) is 11.4 Å². The minimum Gasteiger partial charge on any atom is -0.332 e. The fourth-order valence-electron chi connectivity index (χ4n) is 2.78. The minimum atomic E-state index is -0.183. The van der Waals surface area contributed by atoms with Gasteiger partial charge in [-0.2, -0.15) is 0 Å². The Labute approximate surface area is 162 Å². The van der Waals surface area contributed by atoms with E-state index in [0.29, 0.717) is 16.4 Å². The maximum absolute atomic E-state index is 12.9. The lowest BCUT2D eigenvalue weighted by atomic mass is 10.1. The van der Waals surface area contributed by atoms with Gasteiger partial charge in [0.25, 0.3) is 5.56 Å². The third-order valence-corrected chi connectivity index (χ3v) is 4.55. The number of carbonyl (C=O) groups excluding carboxylic acids is 1. The highest BCUT2D eigenvalue weighted by Gasteiger charge is 2.17. The van der Waals surface area contributed by atoms with E-state index in [0.717, 1.165) is 17.1 Å².